The SMILES string of the molecule is C[C@H](OC(=O)c1ccc(NC(N)=O)cc1)C(=O)Nc1cccc(Cl)c1. The molecule has 0 fully saturated rings. The van der Waals surface area contributed by atoms with Gasteiger partial charge in [-0.2, -0.15) is 0 Å². The minimum Gasteiger partial charge on any atom is -0.449 e. The van der Waals surface area contributed by atoms with Crippen LogP contribution >= 0.6 is 11.6 Å². The van der Waals surface area contributed by atoms with E-state index in [4.69, 9.17) is 22.1 Å². The van der Waals surface area contributed by atoms with E-state index < -0.39 is 24.0 Å². The molecule has 8 heteroatoms. The van der Waals surface area contributed by atoms with Crippen LogP contribution in [0.4, 0.5) is 16.2 Å². The Balaban J connectivity index is 1.94. The number of benzene rings is 2. The van der Waals surface area contributed by atoms with Crippen molar-refractivity contribution in [2.75, 3.05) is 10.6 Å². The number of carbonyl (C=O) groups excluding carboxylic acids is 3. The van der Waals surface area contributed by atoms with Gasteiger partial charge in [0.15, 0.2) is 6.10 Å². The molecule has 2 rings (SSSR count). The number of urea groups is 1. The van der Waals surface area contributed by atoms with E-state index in [0.717, 1.165) is 0 Å². The summed E-state index contributed by atoms with van der Waals surface area (Å²) in [5.74, 6) is -1.15. The monoisotopic (exact) mass is 361 g/mol. The standard InChI is InChI=1S/C17H16ClN3O4/c1-10(15(22)20-14-4-2-3-12(18)9-14)25-16(23)11-5-7-13(8-6-11)21-17(19)24/h2-10H,1H3,(H,20,22)(H3,19,21,24)/t10-/m0/s1. The summed E-state index contributed by atoms with van der Waals surface area (Å²) in [6.07, 6.45) is -1.00. The average molecular weight is 362 g/mol. The van der Waals surface area contributed by atoms with E-state index in [1.165, 1.54) is 31.2 Å². The van der Waals surface area contributed by atoms with Crippen LogP contribution in [0.2, 0.25) is 5.02 Å². The number of esters is 1. The topological polar surface area (TPSA) is 111 Å². The Morgan fingerprint density at radius 2 is 1.72 bits per heavy atom. The van der Waals surface area contributed by atoms with E-state index >= 15 is 0 Å². The van der Waals surface area contributed by atoms with Crippen LogP contribution in [0, 0.1) is 0 Å². The molecule has 4 N–H and O–H groups in total. The van der Waals surface area contributed by atoms with Gasteiger partial charge in [0, 0.05) is 16.4 Å². The lowest BCUT2D eigenvalue weighted by Gasteiger charge is -2.14. The molecular formula is C17H16ClN3O4. The highest BCUT2D eigenvalue weighted by atomic mass is 35.5. The second-order valence-electron chi connectivity index (χ2n) is 5.11. The number of primary amides is 1. The third kappa shape index (κ3) is 5.50. The molecule has 1 atom stereocenters. The number of nitrogens with one attached hydrogen (secondary N) is 2. The highest BCUT2D eigenvalue weighted by Gasteiger charge is 2.19. The predicted molar refractivity (Wildman–Crippen MR) is 94.6 cm³/mol. The van der Waals surface area contributed by atoms with Crippen molar-refractivity contribution in [1.82, 2.24) is 0 Å². The van der Waals surface area contributed by atoms with Crippen molar-refractivity contribution < 1.29 is 19.1 Å². The number of hydrogen-bond acceptors (Lipinski definition) is 4. The second-order valence-corrected chi connectivity index (χ2v) is 5.55. The molecule has 0 heterocycles. The Bertz CT molecular complexity index is 793. The van der Waals surface area contributed by atoms with Crippen LogP contribution in [0.3, 0.4) is 0 Å². The van der Waals surface area contributed by atoms with Crippen molar-refractivity contribution >= 4 is 40.9 Å². The lowest BCUT2D eigenvalue weighted by atomic mass is 10.2. The van der Waals surface area contributed by atoms with Crippen molar-refractivity contribution in [2.24, 2.45) is 5.73 Å². The molecule has 7 nitrogen and oxygen atoms in total. The molecule has 0 spiro atoms. The van der Waals surface area contributed by atoms with Crippen molar-refractivity contribution in [2.45, 2.75) is 13.0 Å². The normalized spacial score (nSPS) is 11.3. The fraction of sp³-hybridized carbons (Fsp3) is 0.118. The molecule has 0 unspecified atom stereocenters. The van der Waals surface area contributed by atoms with Crippen molar-refractivity contribution in [1.29, 1.82) is 0 Å². The third-order valence-corrected chi connectivity index (χ3v) is 3.37. The molecule has 0 aliphatic rings. The summed E-state index contributed by atoms with van der Waals surface area (Å²) < 4.78 is 5.13. The molecule has 2 aromatic carbocycles. The maximum atomic E-state index is 12.1. The number of hydrogen-bond donors (Lipinski definition) is 3. The number of anilines is 2. The summed E-state index contributed by atoms with van der Waals surface area (Å²) in [6.45, 7) is 1.46. The van der Waals surface area contributed by atoms with Crippen molar-refractivity contribution in [3.05, 3.63) is 59.1 Å². The molecule has 25 heavy (non-hydrogen) atoms. The van der Waals surface area contributed by atoms with E-state index in [9.17, 15) is 14.4 Å². The lowest BCUT2D eigenvalue weighted by molar-refractivity contribution is -0.123. The summed E-state index contributed by atoms with van der Waals surface area (Å²) >= 11 is 5.85. The first-order chi connectivity index (χ1) is 11.8. The van der Waals surface area contributed by atoms with Crippen molar-refractivity contribution in [3.8, 4) is 0 Å². The fourth-order valence-corrected chi connectivity index (χ4v) is 2.11. The number of carbonyl (C=O) groups is 3. The molecule has 0 aliphatic heterocycles. The summed E-state index contributed by atoms with van der Waals surface area (Å²) in [7, 11) is 0. The Labute approximate surface area is 149 Å². The molecule has 0 saturated heterocycles. The summed E-state index contributed by atoms with van der Waals surface area (Å²) in [4.78, 5) is 34.9. The Hall–Kier alpha value is -3.06. The van der Waals surface area contributed by atoms with Gasteiger partial charge in [-0.1, -0.05) is 17.7 Å². The molecule has 2 aromatic rings. The zero-order valence-corrected chi connectivity index (χ0v) is 14.0. The minimum atomic E-state index is -1.00. The summed E-state index contributed by atoms with van der Waals surface area (Å²) in [6, 6.07) is 11.8. The van der Waals surface area contributed by atoms with Crippen LogP contribution in [0.5, 0.6) is 0 Å². The quantitative estimate of drug-likeness (QED) is 0.711. The lowest BCUT2D eigenvalue weighted by Crippen LogP contribution is -2.30. The number of ether oxygens (including phenoxy) is 1. The molecule has 0 aromatic heterocycles. The van der Waals surface area contributed by atoms with Gasteiger partial charge in [0.1, 0.15) is 0 Å². The molecule has 0 bridgehead atoms. The van der Waals surface area contributed by atoms with Crippen LogP contribution in [-0.4, -0.2) is 24.0 Å². The van der Waals surface area contributed by atoms with E-state index in [1.807, 2.05) is 0 Å². The van der Waals surface area contributed by atoms with E-state index in [1.54, 1.807) is 24.3 Å². The first-order valence-electron chi connectivity index (χ1n) is 7.29. The van der Waals surface area contributed by atoms with Gasteiger partial charge in [-0.25, -0.2) is 9.59 Å². The van der Waals surface area contributed by atoms with Crippen LogP contribution in [0.25, 0.3) is 0 Å². The molecule has 0 radical (unpaired) electrons. The van der Waals surface area contributed by atoms with Crippen LogP contribution in [0.15, 0.2) is 48.5 Å². The van der Waals surface area contributed by atoms with Gasteiger partial charge in [0.2, 0.25) is 0 Å². The first-order valence-corrected chi connectivity index (χ1v) is 7.67. The van der Waals surface area contributed by atoms with Gasteiger partial charge in [-0.3, -0.25) is 4.79 Å². The van der Waals surface area contributed by atoms with Gasteiger partial charge < -0.3 is 21.1 Å². The zero-order valence-electron chi connectivity index (χ0n) is 13.3. The zero-order chi connectivity index (χ0) is 18.4. The number of nitrogens with two attached hydrogens (primary N) is 1. The second kappa shape index (κ2) is 8.16. The molecular weight excluding hydrogens is 346 g/mol. The van der Waals surface area contributed by atoms with Gasteiger partial charge >= 0.3 is 12.0 Å². The number of amides is 3. The van der Waals surface area contributed by atoms with E-state index in [0.29, 0.717) is 16.4 Å². The van der Waals surface area contributed by atoms with Gasteiger partial charge in [0.25, 0.3) is 5.91 Å². The summed E-state index contributed by atoms with van der Waals surface area (Å²) in [5, 5.41) is 5.46. The maximum Gasteiger partial charge on any atom is 0.338 e. The highest BCUT2D eigenvalue weighted by molar-refractivity contribution is 6.30. The minimum absolute atomic E-state index is 0.234. The largest absolute Gasteiger partial charge is 0.449 e. The Kier molecular flexibility index (Phi) is 5.97. The smallest absolute Gasteiger partial charge is 0.338 e. The number of halogens is 1. The van der Waals surface area contributed by atoms with E-state index in [-0.39, 0.29) is 5.56 Å². The summed E-state index contributed by atoms with van der Waals surface area (Å²) in [5.41, 5.74) is 6.18. The van der Waals surface area contributed by atoms with Crippen LogP contribution in [-0.2, 0) is 9.53 Å². The average Bonchev–Trinajstić information content (AvgIpc) is 2.54. The van der Waals surface area contributed by atoms with Crippen LogP contribution < -0.4 is 16.4 Å². The van der Waals surface area contributed by atoms with Crippen molar-refractivity contribution in [3.63, 3.8) is 0 Å². The maximum absolute atomic E-state index is 12.1. The molecule has 0 saturated carbocycles. The highest BCUT2D eigenvalue weighted by Crippen LogP contribution is 2.16. The van der Waals surface area contributed by atoms with E-state index in [2.05, 4.69) is 10.6 Å². The molecule has 130 valence electrons. The Morgan fingerprint density at radius 1 is 1.04 bits per heavy atom. The van der Waals surface area contributed by atoms with Gasteiger partial charge in [-0.15, -0.1) is 0 Å². The first kappa shape index (κ1) is 18.3. The van der Waals surface area contributed by atoms with Crippen LogP contribution in [0.1, 0.15) is 17.3 Å². The Morgan fingerprint density at radius 3 is 2.32 bits per heavy atom. The third-order valence-electron chi connectivity index (χ3n) is 3.13. The van der Waals surface area contributed by atoms with Gasteiger partial charge in [0.05, 0.1) is 5.56 Å². The molecule has 0 aliphatic carbocycles. The number of rotatable bonds is 5. The predicted octanol–water partition coefficient (Wildman–Crippen LogP) is 3.01. The fourth-order valence-electron chi connectivity index (χ4n) is 1.92. The van der Waals surface area contributed by atoms with Gasteiger partial charge in [-0.05, 0) is 49.4 Å². The molecule has 3 amide bonds.